The lowest BCUT2D eigenvalue weighted by molar-refractivity contribution is -0.147. The highest BCUT2D eigenvalue weighted by molar-refractivity contribution is 5.82. The van der Waals surface area contributed by atoms with Gasteiger partial charge in [0.05, 0.1) is 5.41 Å². The van der Waals surface area contributed by atoms with E-state index in [2.05, 4.69) is 15.4 Å². The summed E-state index contributed by atoms with van der Waals surface area (Å²) in [7, 11) is 0. The van der Waals surface area contributed by atoms with Crippen LogP contribution in [0.3, 0.4) is 0 Å². The van der Waals surface area contributed by atoms with Gasteiger partial charge in [-0.25, -0.2) is 0 Å². The number of hydrogen-bond acceptors (Lipinski definition) is 5. The summed E-state index contributed by atoms with van der Waals surface area (Å²) >= 11 is 0. The summed E-state index contributed by atoms with van der Waals surface area (Å²) in [5.74, 6) is -0.625. The molecule has 24 heavy (non-hydrogen) atoms. The molecule has 8 heteroatoms. The number of hydrogen-bond donors (Lipinski definition) is 1. The Kier molecular flexibility index (Phi) is 4.04. The number of nitrogens with zero attached hydrogens (tertiary/aromatic N) is 5. The average molecular weight is 329 g/mol. The molecule has 1 aliphatic rings. The number of carbonyl (C=O) groups is 2. The van der Waals surface area contributed by atoms with Crippen molar-refractivity contribution in [2.75, 3.05) is 13.1 Å². The molecule has 2 heterocycles. The van der Waals surface area contributed by atoms with E-state index in [9.17, 15) is 14.7 Å². The molecule has 1 N–H and O–H groups in total. The SMILES string of the molecule is C[C@H](C(=O)N1CC[C@](C)(C(=O)O)C1)n1nnc(-c2ccccc2)n1. The van der Waals surface area contributed by atoms with Crippen LogP contribution in [0.5, 0.6) is 0 Å². The van der Waals surface area contributed by atoms with Crippen LogP contribution in [-0.2, 0) is 9.59 Å². The molecule has 0 unspecified atom stereocenters. The fraction of sp³-hybridized carbons (Fsp3) is 0.438. The van der Waals surface area contributed by atoms with E-state index in [-0.39, 0.29) is 12.5 Å². The number of aliphatic carboxylic acids is 1. The van der Waals surface area contributed by atoms with E-state index in [4.69, 9.17) is 0 Å². The first kappa shape index (κ1) is 16.1. The molecule has 126 valence electrons. The standard InChI is InChI=1S/C16H19N5O3/c1-11(14(22)20-9-8-16(2,10-20)15(23)24)21-18-13(17-19-21)12-6-4-3-5-7-12/h3-7,11H,8-10H2,1-2H3,(H,23,24)/t11-,16+/m1/s1. The van der Waals surface area contributed by atoms with Gasteiger partial charge >= 0.3 is 5.97 Å². The molecular weight excluding hydrogens is 310 g/mol. The average Bonchev–Trinajstić information content (AvgIpc) is 3.22. The van der Waals surface area contributed by atoms with Crippen LogP contribution in [0.25, 0.3) is 11.4 Å². The first-order valence-electron chi connectivity index (χ1n) is 7.78. The van der Waals surface area contributed by atoms with Gasteiger partial charge in [0.25, 0.3) is 0 Å². The zero-order chi connectivity index (χ0) is 17.3. The molecule has 2 atom stereocenters. The van der Waals surface area contributed by atoms with Gasteiger partial charge < -0.3 is 10.0 Å². The predicted molar refractivity (Wildman–Crippen MR) is 84.9 cm³/mol. The van der Waals surface area contributed by atoms with Crippen molar-refractivity contribution in [2.45, 2.75) is 26.3 Å². The summed E-state index contributed by atoms with van der Waals surface area (Å²) in [6.07, 6.45) is 0.445. The second-order valence-corrected chi connectivity index (χ2v) is 6.35. The highest BCUT2D eigenvalue weighted by atomic mass is 16.4. The Morgan fingerprint density at radius 2 is 2.00 bits per heavy atom. The van der Waals surface area contributed by atoms with Crippen LogP contribution in [0.2, 0.25) is 0 Å². The summed E-state index contributed by atoms with van der Waals surface area (Å²) in [5, 5.41) is 21.5. The number of benzene rings is 1. The summed E-state index contributed by atoms with van der Waals surface area (Å²) in [6, 6.07) is 8.75. The lowest BCUT2D eigenvalue weighted by atomic mass is 9.90. The van der Waals surface area contributed by atoms with Crippen LogP contribution < -0.4 is 0 Å². The van der Waals surface area contributed by atoms with Crippen molar-refractivity contribution in [1.82, 2.24) is 25.1 Å². The minimum Gasteiger partial charge on any atom is -0.481 e. The van der Waals surface area contributed by atoms with Gasteiger partial charge in [-0.1, -0.05) is 30.3 Å². The number of carboxylic acid groups (broad SMARTS) is 1. The van der Waals surface area contributed by atoms with Gasteiger partial charge in [-0.15, -0.1) is 10.2 Å². The van der Waals surface area contributed by atoms with Gasteiger partial charge in [-0.2, -0.15) is 4.80 Å². The smallest absolute Gasteiger partial charge is 0.311 e. The van der Waals surface area contributed by atoms with Crippen molar-refractivity contribution < 1.29 is 14.7 Å². The van der Waals surface area contributed by atoms with Gasteiger partial charge in [0, 0.05) is 18.7 Å². The number of tetrazole rings is 1. The zero-order valence-corrected chi connectivity index (χ0v) is 13.6. The Balaban J connectivity index is 1.73. The van der Waals surface area contributed by atoms with Crippen LogP contribution in [0.1, 0.15) is 26.3 Å². The molecule has 1 aliphatic heterocycles. The largest absolute Gasteiger partial charge is 0.481 e. The molecule has 0 aliphatic carbocycles. The van der Waals surface area contributed by atoms with Gasteiger partial charge in [0.2, 0.25) is 11.7 Å². The lowest BCUT2D eigenvalue weighted by Gasteiger charge is -2.22. The summed E-state index contributed by atoms with van der Waals surface area (Å²) in [5.41, 5.74) is -0.0663. The van der Waals surface area contributed by atoms with Gasteiger partial charge in [-0.05, 0) is 25.5 Å². The van der Waals surface area contributed by atoms with E-state index < -0.39 is 17.4 Å². The summed E-state index contributed by atoms with van der Waals surface area (Å²) in [6.45, 7) is 3.97. The number of carboxylic acids is 1. The Labute approximate surface area is 139 Å². The number of likely N-dealkylation sites (tertiary alicyclic amines) is 1. The summed E-state index contributed by atoms with van der Waals surface area (Å²) in [4.78, 5) is 26.8. The maximum Gasteiger partial charge on any atom is 0.311 e. The number of aromatic nitrogens is 4. The van der Waals surface area contributed by atoms with Crippen LogP contribution >= 0.6 is 0 Å². The van der Waals surface area contributed by atoms with Crippen LogP contribution in [-0.4, -0.2) is 55.2 Å². The van der Waals surface area contributed by atoms with Gasteiger partial charge in [0.15, 0.2) is 0 Å². The van der Waals surface area contributed by atoms with Crippen molar-refractivity contribution in [1.29, 1.82) is 0 Å². The highest BCUT2D eigenvalue weighted by Gasteiger charge is 2.43. The Hall–Kier alpha value is -2.77. The molecule has 0 saturated carbocycles. The quantitative estimate of drug-likeness (QED) is 0.905. The molecule has 0 radical (unpaired) electrons. The van der Waals surface area contributed by atoms with Crippen molar-refractivity contribution in [3.8, 4) is 11.4 Å². The van der Waals surface area contributed by atoms with Crippen molar-refractivity contribution >= 4 is 11.9 Å². The molecule has 0 bridgehead atoms. The minimum absolute atomic E-state index is 0.197. The number of carbonyl (C=O) groups excluding carboxylic acids is 1. The molecule has 1 saturated heterocycles. The predicted octanol–water partition coefficient (Wildman–Crippen LogP) is 1.22. The third-order valence-corrected chi connectivity index (χ3v) is 4.47. The molecule has 8 nitrogen and oxygen atoms in total. The fourth-order valence-electron chi connectivity index (χ4n) is 2.78. The molecule has 1 aromatic carbocycles. The Morgan fingerprint density at radius 1 is 1.29 bits per heavy atom. The molecule has 0 spiro atoms. The van der Waals surface area contributed by atoms with Crippen LogP contribution in [0.15, 0.2) is 30.3 Å². The van der Waals surface area contributed by atoms with E-state index in [1.54, 1.807) is 18.7 Å². The van der Waals surface area contributed by atoms with Crippen molar-refractivity contribution in [2.24, 2.45) is 5.41 Å². The van der Waals surface area contributed by atoms with Gasteiger partial charge in [0.1, 0.15) is 6.04 Å². The minimum atomic E-state index is -0.889. The first-order chi connectivity index (χ1) is 11.4. The molecule has 1 fully saturated rings. The molecule has 1 aromatic heterocycles. The van der Waals surface area contributed by atoms with E-state index in [0.717, 1.165) is 5.56 Å². The first-order valence-corrected chi connectivity index (χ1v) is 7.78. The lowest BCUT2D eigenvalue weighted by Crippen LogP contribution is -2.38. The molecule has 2 aromatic rings. The molecule has 1 amide bonds. The number of rotatable bonds is 4. The molecule has 3 rings (SSSR count). The normalized spacial score (nSPS) is 21.7. The third kappa shape index (κ3) is 2.86. The maximum atomic E-state index is 12.6. The molecular formula is C16H19N5O3. The number of amides is 1. The monoisotopic (exact) mass is 329 g/mol. The fourth-order valence-corrected chi connectivity index (χ4v) is 2.78. The van der Waals surface area contributed by atoms with Gasteiger partial charge in [-0.3, -0.25) is 9.59 Å². The second kappa shape index (κ2) is 6.03. The van der Waals surface area contributed by atoms with Crippen molar-refractivity contribution in [3.63, 3.8) is 0 Å². The maximum absolute atomic E-state index is 12.6. The second-order valence-electron chi connectivity index (χ2n) is 6.35. The van der Waals surface area contributed by atoms with Crippen molar-refractivity contribution in [3.05, 3.63) is 30.3 Å². The third-order valence-electron chi connectivity index (χ3n) is 4.47. The zero-order valence-electron chi connectivity index (χ0n) is 13.6. The van der Waals surface area contributed by atoms with E-state index in [1.807, 2.05) is 30.3 Å². The van der Waals surface area contributed by atoms with E-state index in [0.29, 0.717) is 18.8 Å². The summed E-state index contributed by atoms with van der Waals surface area (Å²) < 4.78 is 0. The topological polar surface area (TPSA) is 101 Å². The highest BCUT2D eigenvalue weighted by Crippen LogP contribution is 2.31. The van der Waals surface area contributed by atoms with E-state index >= 15 is 0 Å². The Bertz CT molecular complexity index is 760. The van der Waals surface area contributed by atoms with Crippen LogP contribution in [0.4, 0.5) is 0 Å². The Morgan fingerprint density at radius 3 is 2.62 bits per heavy atom. The van der Waals surface area contributed by atoms with Crippen LogP contribution in [0, 0.1) is 5.41 Å². The van der Waals surface area contributed by atoms with E-state index in [1.165, 1.54) is 4.80 Å².